The Balaban J connectivity index is 0.000000225. The molecule has 0 unspecified atom stereocenters. The summed E-state index contributed by atoms with van der Waals surface area (Å²) in [5.74, 6) is -6.09. The number of H-pyrrole nitrogens is 4. The molecule has 0 aliphatic carbocycles. The van der Waals surface area contributed by atoms with E-state index < -0.39 is 133 Å². The van der Waals surface area contributed by atoms with Gasteiger partial charge in [0.15, 0.2) is 58.2 Å². The maximum absolute atomic E-state index is 14.4. The number of nitrogens with zero attached hydrogens (tertiary/aromatic N) is 13. The fourth-order valence-corrected chi connectivity index (χ4v) is 12.3. The normalized spacial score (nSPS) is 14.2. The van der Waals surface area contributed by atoms with Crippen LogP contribution in [0.3, 0.4) is 0 Å². The van der Waals surface area contributed by atoms with Crippen molar-refractivity contribution >= 4 is 137 Å². The summed E-state index contributed by atoms with van der Waals surface area (Å²) in [5.41, 5.74) is 2.79. The lowest BCUT2D eigenvalue weighted by molar-refractivity contribution is -0.140. The Bertz CT molecular complexity index is 5740. The van der Waals surface area contributed by atoms with Crippen LogP contribution in [0.1, 0.15) is 72.5 Å². The number of pyridine rings is 4. The molecule has 47 heteroatoms. The lowest BCUT2D eigenvalue weighted by Gasteiger charge is -2.40. The van der Waals surface area contributed by atoms with Gasteiger partial charge in [-0.1, -0.05) is 108 Å². The van der Waals surface area contributed by atoms with E-state index in [9.17, 15) is 85.0 Å². The van der Waals surface area contributed by atoms with E-state index >= 15 is 0 Å². The van der Waals surface area contributed by atoms with Crippen LogP contribution in [0.5, 0.6) is 0 Å². The Morgan fingerprint density at radius 2 is 0.810 bits per heavy atom. The number of alkyl halides is 12. The molecule has 1 aliphatic heterocycles. The van der Waals surface area contributed by atoms with Crippen molar-refractivity contribution in [1.82, 2.24) is 101 Å². The van der Waals surface area contributed by atoms with Crippen LogP contribution >= 0.6 is 46.4 Å². The SMILES string of the molecule is CC(C)(C)[C@@H](Nc1ccnc(-c2c[nH]c3ncc(Cl)cc23)n1)C(=O)NCC(F)(F)F.CC(C)(C)[C@@H](Nc1nc(-c2c[nH]c3ncc(Cl)cc23)ncc1F)C(=O)NCC(F)(F)F.CC[C@@H](C)[C@H](Nc1nc(-c2c[nH]c3ncc(Cl)cc23)ncc1F)C(=O)NCC(F)(F)F.O=C(NCC(F)(F)F)[C@@H]1CCN1c1nc(-c2c[nH]c3ncc(Cl)cc23)ncc1F.[HH].[HH].[HH]. The first-order valence-corrected chi connectivity index (χ1v) is 37.5. The van der Waals surface area contributed by atoms with Crippen molar-refractivity contribution in [3.8, 4) is 45.6 Å². The third-order valence-electron chi connectivity index (χ3n) is 17.9. The van der Waals surface area contributed by atoms with Crippen molar-refractivity contribution < 1.29 is 89.3 Å². The molecule has 11 N–H and O–H groups in total. The van der Waals surface area contributed by atoms with Crippen LogP contribution in [0.25, 0.3) is 89.7 Å². The maximum Gasteiger partial charge on any atom is 0.405 e. The second kappa shape index (κ2) is 37.5. The second-order valence-corrected chi connectivity index (χ2v) is 30.9. The fourth-order valence-electron chi connectivity index (χ4n) is 11.7. The van der Waals surface area contributed by atoms with Crippen molar-refractivity contribution in [2.75, 3.05) is 53.6 Å². The van der Waals surface area contributed by atoms with Gasteiger partial charge in [0.25, 0.3) is 0 Å². The predicted octanol–water partition coefficient (Wildman–Crippen LogP) is 16.6. The Labute approximate surface area is 699 Å². The molecule has 1 fully saturated rings. The Kier molecular flexibility index (Phi) is 28.4. The summed E-state index contributed by atoms with van der Waals surface area (Å²) in [7, 11) is 0. The maximum atomic E-state index is 14.4. The highest BCUT2D eigenvalue weighted by Gasteiger charge is 2.41. The number of aromatic nitrogens is 16. The quantitative estimate of drug-likeness (QED) is 0.0298. The van der Waals surface area contributed by atoms with Gasteiger partial charge in [-0.05, 0) is 53.5 Å². The highest BCUT2D eigenvalue weighted by atomic mass is 35.5. The zero-order valence-electron chi connectivity index (χ0n) is 64.3. The predicted molar refractivity (Wildman–Crippen MR) is 427 cm³/mol. The molecule has 0 bridgehead atoms. The van der Waals surface area contributed by atoms with Crippen LogP contribution in [-0.2, 0) is 19.2 Å². The molecule has 13 rings (SSSR count). The van der Waals surface area contributed by atoms with Crippen LogP contribution in [0.4, 0.5) is 89.1 Å². The molecule has 0 aromatic carbocycles. The van der Waals surface area contributed by atoms with E-state index in [2.05, 4.69) is 95.7 Å². The van der Waals surface area contributed by atoms with E-state index in [0.29, 0.717) is 99.2 Å². The van der Waals surface area contributed by atoms with Gasteiger partial charge in [-0.25, -0.2) is 73.0 Å². The third-order valence-corrected chi connectivity index (χ3v) is 18.7. The lowest BCUT2D eigenvalue weighted by atomic mass is 9.86. The van der Waals surface area contributed by atoms with Crippen molar-refractivity contribution in [3.05, 3.63) is 142 Å². The Morgan fingerprint density at radius 3 is 1.17 bits per heavy atom. The van der Waals surface area contributed by atoms with Crippen molar-refractivity contribution in [2.45, 2.75) is 117 Å². The first-order valence-electron chi connectivity index (χ1n) is 36.0. The Hall–Kier alpha value is -11.7. The summed E-state index contributed by atoms with van der Waals surface area (Å²) in [6.07, 6.45) is -0.815. The van der Waals surface area contributed by atoms with E-state index in [1.165, 1.54) is 35.9 Å². The number of rotatable bonds is 21. The molecule has 121 heavy (non-hydrogen) atoms. The number of hydrogen-bond donors (Lipinski definition) is 11. The molecular formula is C74H77Cl4F15N24O4. The van der Waals surface area contributed by atoms with E-state index in [1.54, 1.807) is 111 Å². The molecule has 12 aromatic heterocycles. The van der Waals surface area contributed by atoms with E-state index in [-0.39, 0.29) is 52.2 Å². The zero-order valence-corrected chi connectivity index (χ0v) is 67.3. The molecular weight excluding hydrogens is 1720 g/mol. The lowest BCUT2D eigenvalue weighted by Crippen LogP contribution is -2.57. The van der Waals surface area contributed by atoms with Gasteiger partial charge >= 0.3 is 24.7 Å². The second-order valence-electron chi connectivity index (χ2n) is 29.1. The van der Waals surface area contributed by atoms with E-state index in [0.717, 1.165) is 24.0 Å². The molecule has 0 spiro atoms. The third kappa shape index (κ3) is 24.3. The van der Waals surface area contributed by atoms with E-state index in [1.807, 2.05) is 21.3 Å². The molecule has 28 nitrogen and oxygen atoms in total. The minimum absolute atomic E-state index is 0. The number of halogens is 19. The van der Waals surface area contributed by atoms with Gasteiger partial charge in [-0.3, -0.25) is 19.2 Å². The molecule has 1 aliphatic rings. The standard InChI is InChI=1S/2C19H19ClF4N6O.C19H20ClF3N6O.C17H13ClF4N6O.3H2/c1-18(2,3)13(17(31)28-8-19(22,23)24)29-16-12(21)7-27-15(30-16)11-6-26-14-10(11)4-9(20)5-25-14;1-3-9(2)14(18(31)28-8-19(22,23)24)29-17-13(21)7-27-16(30-17)12-6-26-15-11(12)4-10(20)5-25-15;1-18(2,3)14(17(30)27-9-19(21,22)23)28-13-4-5-24-16(29-13)12-8-26-15-11(12)6-10(20)7-25-15;18-8-3-9-10(5-24-13(9)23-4-8)14-25-6-11(19)15(27-14)28-2-1-12(28)16(29)26-7-17(20,21)22;;;/h4-7,13H,8H2,1-3H3,(H,25,26)(H,28,31)(H,27,29,30);4-7,9,14H,3,8H2,1-2H3,(H,25,26)(H,28,31)(H,27,29,30);4-8,14H,9H2,1-3H3,(H,25,26)(H,27,30)(H,24,28,29);3-6,12H,1-2,7H2,(H,23,24)(H,26,29);3*1H/t13-;9-,14+;14-;12-;;;/m0100.../s1. The van der Waals surface area contributed by atoms with Gasteiger partial charge < -0.3 is 62.1 Å². The van der Waals surface area contributed by atoms with Gasteiger partial charge in [0.05, 0.1) is 38.7 Å². The van der Waals surface area contributed by atoms with Crippen molar-refractivity contribution in [2.24, 2.45) is 16.7 Å². The minimum atomic E-state index is -4.57. The molecule has 0 saturated carbocycles. The van der Waals surface area contributed by atoms with Gasteiger partial charge in [0, 0.05) is 110 Å². The van der Waals surface area contributed by atoms with Gasteiger partial charge in [-0.15, -0.1) is 0 Å². The number of amides is 4. The summed E-state index contributed by atoms with van der Waals surface area (Å²) in [6, 6.07) is 3.96. The largest absolute Gasteiger partial charge is 0.405 e. The molecule has 5 atom stereocenters. The smallest absolute Gasteiger partial charge is 0.358 e. The monoisotopic (exact) mass is 1790 g/mol. The number of aromatic amines is 4. The topological polar surface area (TPSA) is 374 Å². The fraction of sp³-hybridized carbons (Fsp3) is 0.351. The summed E-state index contributed by atoms with van der Waals surface area (Å²) in [5, 5.41) is 19.7. The molecule has 4 amide bonds. The molecule has 13 heterocycles. The molecule has 1 saturated heterocycles. The molecule has 0 radical (unpaired) electrons. The summed E-state index contributed by atoms with van der Waals surface area (Å²) in [4.78, 5) is 112. The average molecular weight is 1790 g/mol. The highest BCUT2D eigenvalue weighted by molar-refractivity contribution is 6.32. The number of hydrogen-bond acceptors (Lipinski definition) is 20. The first-order chi connectivity index (χ1) is 56.6. The van der Waals surface area contributed by atoms with Crippen LogP contribution < -0.4 is 42.1 Å². The number of nitrogens with one attached hydrogen (secondary N) is 11. The number of fused-ring (bicyclic) bond motifs is 4. The van der Waals surface area contributed by atoms with Gasteiger partial charge in [0.1, 0.15) is 78.8 Å². The van der Waals surface area contributed by atoms with Crippen molar-refractivity contribution in [1.29, 1.82) is 0 Å². The Morgan fingerprint density at radius 1 is 0.463 bits per heavy atom. The van der Waals surface area contributed by atoms with Gasteiger partial charge in [-0.2, -0.15) is 52.7 Å². The zero-order chi connectivity index (χ0) is 88.6. The summed E-state index contributed by atoms with van der Waals surface area (Å²) < 4.78 is 193. The van der Waals surface area contributed by atoms with Gasteiger partial charge in [0.2, 0.25) is 23.6 Å². The van der Waals surface area contributed by atoms with Crippen LogP contribution in [0.2, 0.25) is 20.1 Å². The molecule has 650 valence electrons. The number of carbonyl (C=O) groups excluding carboxylic acids is 4. The van der Waals surface area contributed by atoms with Crippen LogP contribution in [0, 0.1) is 34.2 Å². The summed E-state index contributed by atoms with van der Waals surface area (Å²) in [6.45, 7) is 7.99. The minimum Gasteiger partial charge on any atom is -0.358 e. The van der Waals surface area contributed by atoms with Crippen molar-refractivity contribution in [3.63, 3.8) is 0 Å². The highest BCUT2D eigenvalue weighted by Crippen LogP contribution is 2.37. The van der Waals surface area contributed by atoms with Crippen LogP contribution in [-0.4, -0.2) is 185 Å². The van der Waals surface area contributed by atoms with E-state index in [4.69, 9.17) is 46.4 Å². The molecule has 12 aromatic rings. The number of carbonyl (C=O) groups is 4. The number of anilines is 4. The van der Waals surface area contributed by atoms with Crippen LogP contribution in [0.15, 0.2) is 105 Å². The first kappa shape index (κ1) is 91.6. The summed E-state index contributed by atoms with van der Waals surface area (Å²) >= 11 is 24.0. The average Bonchev–Trinajstić information content (AvgIpc) is 1.29.